The first kappa shape index (κ1) is 16.1. The number of anilines is 2. The molecule has 0 heterocycles. The highest BCUT2D eigenvalue weighted by atomic mass is 35.5. The minimum atomic E-state index is 0.687. The fourth-order valence-corrected chi connectivity index (χ4v) is 2.06. The maximum Gasteiger partial charge on any atom is 0.0702 e. The van der Waals surface area contributed by atoms with Crippen LogP contribution >= 0.6 is 11.6 Å². The van der Waals surface area contributed by atoms with Crippen LogP contribution in [0.15, 0.2) is 67.1 Å². The van der Waals surface area contributed by atoms with E-state index in [1.54, 1.807) is 12.3 Å². The first-order valence-electron chi connectivity index (χ1n) is 6.40. The molecule has 3 heteroatoms. The number of nitrogens with zero attached hydrogens (tertiary/aromatic N) is 1. The zero-order valence-corrected chi connectivity index (χ0v) is 13.0. The molecule has 0 saturated carbocycles. The largest absolute Gasteiger partial charge is 0.386 e. The molecule has 0 aliphatic rings. The van der Waals surface area contributed by atoms with Crippen molar-refractivity contribution < 1.29 is 0 Å². The van der Waals surface area contributed by atoms with Gasteiger partial charge >= 0.3 is 0 Å². The maximum absolute atomic E-state index is 6.12. The lowest BCUT2D eigenvalue weighted by Crippen LogP contribution is -2.16. The monoisotopic (exact) mass is 288 g/mol. The van der Waals surface area contributed by atoms with E-state index in [1.807, 2.05) is 42.3 Å². The molecule has 0 fully saturated rings. The first-order chi connectivity index (χ1) is 9.54. The van der Waals surface area contributed by atoms with E-state index in [2.05, 4.69) is 32.3 Å². The molecule has 0 saturated heterocycles. The Kier molecular flexibility index (Phi) is 6.13. The number of allylic oxidation sites excluding steroid dienone is 4. The molecule has 0 aromatic heterocycles. The quantitative estimate of drug-likeness (QED) is 0.708. The summed E-state index contributed by atoms with van der Waals surface area (Å²) < 4.78 is 0. The van der Waals surface area contributed by atoms with Gasteiger partial charge in [-0.2, -0.15) is 0 Å². The first-order valence-corrected chi connectivity index (χ1v) is 6.78. The molecule has 0 atom stereocenters. The van der Waals surface area contributed by atoms with Gasteiger partial charge in [0.2, 0.25) is 0 Å². The number of benzene rings is 1. The highest BCUT2D eigenvalue weighted by Gasteiger charge is 2.12. The summed E-state index contributed by atoms with van der Waals surface area (Å²) in [6.07, 6.45) is 7.44. The van der Waals surface area contributed by atoms with E-state index in [-0.39, 0.29) is 0 Å². The Bertz CT molecular complexity index is 552. The van der Waals surface area contributed by atoms with Gasteiger partial charge in [-0.15, -0.1) is 0 Å². The molecular formula is C17H21ClN2. The standard InChI is InChI=1S/C17H21ClN2/c1-6-8-9-16(13(3)4)20(7-2)17-12-14(18)10-11-15(17)19-5/h6-12,19H,1-2H2,3-5H3/b9-8-. The predicted molar refractivity (Wildman–Crippen MR) is 91.4 cm³/mol. The van der Waals surface area contributed by atoms with Gasteiger partial charge in [0.05, 0.1) is 11.4 Å². The highest BCUT2D eigenvalue weighted by molar-refractivity contribution is 6.31. The van der Waals surface area contributed by atoms with Crippen LogP contribution in [-0.2, 0) is 0 Å². The molecule has 0 spiro atoms. The topological polar surface area (TPSA) is 15.3 Å². The summed E-state index contributed by atoms with van der Waals surface area (Å²) >= 11 is 6.12. The Morgan fingerprint density at radius 1 is 1.30 bits per heavy atom. The number of hydrogen-bond acceptors (Lipinski definition) is 2. The van der Waals surface area contributed by atoms with Crippen molar-refractivity contribution in [3.8, 4) is 0 Å². The Balaban J connectivity index is 3.41. The molecule has 0 aliphatic carbocycles. The smallest absolute Gasteiger partial charge is 0.0702 e. The van der Waals surface area contributed by atoms with Gasteiger partial charge in [-0.1, -0.05) is 42.5 Å². The zero-order chi connectivity index (χ0) is 15.1. The van der Waals surface area contributed by atoms with Crippen molar-refractivity contribution in [2.24, 2.45) is 0 Å². The lowest BCUT2D eigenvalue weighted by Gasteiger charge is -2.25. The van der Waals surface area contributed by atoms with E-state index in [4.69, 9.17) is 11.6 Å². The molecule has 0 bridgehead atoms. The summed E-state index contributed by atoms with van der Waals surface area (Å²) in [5.41, 5.74) is 4.16. The lowest BCUT2D eigenvalue weighted by atomic mass is 10.1. The minimum Gasteiger partial charge on any atom is -0.386 e. The van der Waals surface area contributed by atoms with Crippen LogP contribution in [0.3, 0.4) is 0 Å². The number of rotatable bonds is 6. The normalized spacial score (nSPS) is 10.2. The lowest BCUT2D eigenvalue weighted by molar-refractivity contribution is 1.15. The summed E-state index contributed by atoms with van der Waals surface area (Å²) in [6, 6.07) is 5.73. The second-order valence-corrected chi connectivity index (χ2v) is 4.88. The second-order valence-electron chi connectivity index (χ2n) is 4.44. The van der Waals surface area contributed by atoms with E-state index >= 15 is 0 Å². The molecule has 0 aliphatic heterocycles. The van der Waals surface area contributed by atoms with Crippen molar-refractivity contribution in [2.45, 2.75) is 13.8 Å². The molecule has 1 aromatic carbocycles. The van der Waals surface area contributed by atoms with E-state index in [1.165, 1.54) is 5.57 Å². The predicted octanol–water partition coefficient (Wildman–Crippen LogP) is 5.37. The Labute approximate surface area is 126 Å². The van der Waals surface area contributed by atoms with Gasteiger partial charge in [0.1, 0.15) is 0 Å². The minimum absolute atomic E-state index is 0.687. The molecular weight excluding hydrogens is 268 g/mol. The van der Waals surface area contributed by atoms with Crippen LogP contribution in [0.2, 0.25) is 5.02 Å². The van der Waals surface area contributed by atoms with Crippen molar-refractivity contribution in [1.82, 2.24) is 0 Å². The summed E-state index contributed by atoms with van der Waals surface area (Å²) in [4.78, 5) is 2.01. The van der Waals surface area contributed by atoms with E-state index < -0.39 is 0 Å². The average molecular weight is 289 g/mol. The summed E-state index contributed by atoms with van der Waals surface area (Å²) in [5, 5.41) is 3.86. The maximum atomic E-state index is 6.12. The summed E-state index contributed by atoms with van der Waals surface area (Å²) in [6.45, 7) is 11.7. The molecule has 0 radical (unpaired) electrons. The molecule has 1 aromatic rings. The van der Waals surface area contributed by atoms with Crippen LogP contribution < -0.4 is 10.2 Å². The third kappa shape index (κ3) is 3.78. The molecule has 1 rings (SSSR count). The van der Waals surface area contributed by atoms with Crippen LogP contribution in [0.1, 0.15) is 13.8 Å². The molecule has 106 valence electrons. The van der Waals surface area contributed by atoms with Crippen molar-refractivity contribution >= 4 is 23.0 Å². The molecule has 0 unspecified atom stereocenters. The summed E-state index contributed by atoms with van der Waals surface area (Å²) in [7, 11) is 1.88. The van der Waals surface area contributed by atoms with Gasteiger partial charge in [0.15, 0.2) is 0 Å². The Hall–Kier alpha value is -1.93. The van der Waals surface area contributed by atoms with Crippen LogP contribution in [0.4, 0.5) is 11.4 Å². The average Bonchev–Trinajstić information content (AvgIpc) is 2.43. The van der Waals surface area contributed by atoms with Crippen molar-refractivity contribution in [3.63, 3.8) is 0 Å². The third-order valence-electron chi connectivity index (χ3n) is 2.83. The van der Waals surface area contributed by atoms with Gasteiger partial charge in [0.25, 0.3) is 0 Å². The number of nitrogens with one attached hydrogen (secondary N) is 1. The fraction of sp³-hybridized carbons (Fsp3) is 0.176. The third-order valence-corrected chi connectivity index (χ3v) is 3.07. The second kappa shape index (κ2) is 7.61. The molecule has 0 amide bonds. The van der Waals surface area contributed by atoms with E-state index in [0.717, 1.165) is 17.1 Å². The van der Waals surface area contributed by atoms with Gasteiger partial charge < -0.3 is 10.2 Å². The van der Waals surface area contributed by atoms with Gasteiger partial charge in [0, 0.05) is 24.0 Å². The zero-order valence-electron chi connectivity index (χ0n) is 12.3. The fourth-order valence-electron chi connectivity index (χ4n) is 1.89. The molecule has 1 N–H and O–H groups in total. The molecule has 20 heavy (non-hydrogen) atoms. The van der Waals surface area contributed by atoms with Crippen LogP contribution in [-0.4, -0.2) is 7.05 Å². The summed E-state index contributed by atoms with van der Waals surface area (Å²) in [5.74, 6) is 0. The highest BCUT2D eigenvalue weighted by Crippen LogP contribution is 2.32. The van der Waals surface area contributed by atoms with Gasteiger partial charge in [-0.05, 0) is 38.1 Å². The number of halogens is 1. The van der Waals surface area contributed by atoms with Crippen molar-refractivity contribution in [2.75, 3.05) is 17.3 Å². The van der Waals surface area contributed by atoms with Crippen LogP contribution in [0.5, 0.6) is 0 Å². The van der Waals surface area contributed by atoms with E-state index in [0.29, 0.717) is 5.02 Å². The number of hydrogen-bond donors (Lipinski definition) is 1. The molecule has 2 nitrogen and oxygen atoms in total. The van der Waals surface area contributed by atoms with E-state index in [9.17, 15) is 0 Å². The van der Waals surface area contributed by atoms with Crippen LogP contribution in [0.25, 0.3) is 0 Å². The van der Waals surface area contributed by atoms with Crippen molar-refractivity contribution in [3.05, 3.63) is 72.1 Å². The Morgan fingerprint density at radius 3 is 2.50 bits per heavy atom. The SMILES string of the molecule is C=C/C=C\C(=C(C)C)N(C=C)c1cc(Cl)ccc1NC. The van der Waals surface area contributed by atoms with Gasteiger partial charge in [-0.3, -0.25) is 0 Å². The Morgan fingerprint density at radius 2 is 2.00 bits per heavy atom. The van der Waals surface area contributed by atoms with Crippen molar-refractivity contribution in [1.29, 1.82) is 0 Å². The van der Waals surface area contributed by atoms with Gasteiger partial charge in [-0.25, -0.2) is 0 Å². The van der Waals surface area contributed by atoms with Crippen LogP contribution in [0, 0.1) is 0 Å².